The average Bonchev–Trinajstić information content (AvgIpc) is 2.92. The average molecular weight is 283 g/mol. The normalized spacial score (nSPS) is 13.9. The molecule has 20 heavy (non-hydrogen) atoms. The largest absolute Gasteiger partial charge is 0.391 e. The number of carbonyl (C=O) groups is 1. The van der Waals surface area contributed by atoms with Gasteiger partial charge in [0.05, 0.1) is 19.0 Å². The summed E-state index contributed by atoms with van der Waals surface area (Å²) in [7, 11) is 1.54. The van der Waals surface area contributed by atoms with E-state index in [-0.39, 0.29) is 11.9 Å². The van der Waals surface area contributed by atoms with Crippen molar-refractivity contribution in [2.75, 3.05) is 20.3 Å². The van der Waals surface area contributed by atoms with E-state index in [2.05, 4.69) is 17.2 Å². The van der Waals surface area contributed by atoms with E-state index >= 15 is 0 Å². The monoisotopic (exact) mass is 283 g/mol. The molecule has 1 aromatic rings. The fourth-order valence-electron chi connectivity index (χ4n) is 2.12. The molecule has 1 rings (SSSR count). The molecule has 0 saturated heterocycles. The quantitative estimate of drug-likeness (QED) is 0.675. The van der Waals surface area contributed by atoms with Crippen molar-refractivity contribution < 1.29 is 14.6 Å². The number of ether oxygens (including phenoxy) is 1. The Morgan fingerprint density at radius 1 is 1.50 bits per heavy atom. The highest BCUT2D eigenvalue weighted by atomic mass is 16.5. The summed E-state index contributed by atoms with van der Waals surface area (Å²) in [5.74, 6) is 0.00164. The van der Waals surface area contributed by atoms with Gasteiger partial charge in [-0.2, -0.15) is 0 Å². The number of aromatic nitrogens is 2. The maximum absolute atomic E-state index is 11.9. The number of aliphatic hydroxyl groups excluding tert-OH is 1. The van der Waals surface area contributed by atoms with Crippen LogP contribution < -0.4 is 5.32 Å². The van der Waals surface area contributed by atoms with Crippen molar-refractivity contribution in [3.63, 3.8) is 0 Å². The lowest BCUT2D eigenvalue weighted by Crippen LogP contribution is -2.30. The van der Waals surface area contributed by atoms with Gasteiger partial charge in [-0.25, -0.2) is 4.98 Å². The van der Waals surface area contributed by atoms with Gasteiger partial charge in [0.2, 0.25) is 5.91 Å². The minimum atomic E-state index is -0.527. The highest BCUT2D eigenvalue weighted by Crippen LogP contribution is 2.17. The van der Waals surface area contributed by atoms with Gasteiger partial charge in [-0.15, -0.1) is 0 Å². The van der Waals surface area contributed by atoms with Gasteiger partial charge in [0, 0.05) is 38.5 Å². The molecule has 0 saturated carbocycles. The van der Waals surface area contributed by atoms with Crippen molar-refractivity contribution in [2.45, 2.75) is 44.8 Å². The van der Waals surface area contributed by atoms with Crippen molar-refractivity contribution in [1.29, 1.82) is 0 Å². The van der Waals surface area contributed by atoms with Crippen LogP contribution in [0.5, 0.6) is 0 Å². The Kier molecular flexibility index (Phi) is 7.91. The van der Waals surface area contributed by atoms with E-state index in [4.69, 9.17) is 4.74 Å². The molecule has 0 radical (unpaired) electrons. The molecule has 0 spiro atoms. The van der Waals surface area contributed by atoms with E-state index in [9.17, 15) is 9.90 Å². The molecule has 0 aromatic carbocycles. The summed E-state index contributed by atoms with van der Waals surface area (Å²) in [6.45, 7) is 2.86. The van der Waals surface area contributed by atoms with Crippen molar-refractivity contribution in [3.05, 3.63) is 18.7 Å². The van der Waals surface area contributed by atoms with Crippen LogP contribution in [0.1, 0.15) is 38.6 Å². The Morgan fingerprint density at radius 3 is 2.90 bits per heavy atom. The standard InChI is InChI=1S/C14H25N3O3/c1-3-4-12(17-8-7-15-11-17)9-14(19)16-6-5-13(18)10-20-2/h7-8,11-13,18H,3-6,9-10H2,1-2H3,(H,16,19). The van der Waals surface area contributed by atoms with Crippen LogP contribution in [0.4, 0.5) is 0 Å². The molecule has 2 unspecified atom stereocenters. The summed E-state index contributed by atoms with van der Waals surface area (Å²) in [5.41, 5.74) is 0. The smallest absolute Gasteiger partial charge is 0.222 e. The van der Waals surface area contributed by atoms with Crippen LogP contribution >= 0.6 is 0 Å². The molecule has 1 amide bonds. The molecule has 1 aromatic heterocycles. The van der Waals surface area contributed by atoms with Gasteiger partial charge in [0.1, 0.15) is 0 Å². The first-order valence-corrected chi connectivity index (χ1v) is 7.08. The molecule has 1 heterocycles. The number of aliphatic hydroxyl groups is 1. The maximum atomic E-state index is 11.9. The fourth-order valence-corrected chi connectivity index (χ4v) is 2.12. The highest BCUT2D eigenvalue weighted by Gasteiger charge is 2.14. The molecule has 6 nitrogen and oxygen atoms in total. The van der Waals surface area contributed by atoms with E-state index in [1.54, 1.807) is 19.6 Å². The Hall–Kier alpha value is -1.40. The molecule has 0 fully saturated rings. The number of methoxy groups -OCH3 is 1. The maximum Gasteiger partial charge on any atom is 0.222 e. The van der Waals surface area contributed by atoms with Crippen LogP contribution in [0, 0.1) is 0 Å². The molecular weight excluding hydrogens is 258 g/mol. The minimum Gasteiger partial charge on any atom is -0.391 e. The number of hydrogen-bond acceptors (Lipinski definition) is 4. The zero-order valence-corrected chi connectivity index (χ0v) is 12.3. The van der Waals surface area contributed by atoms with Crippen molar-refractivity contribution >= 4 is 5.91 Å². The van der Waals surface area contributed by atoms with Crippen LogP contribution in [0.2, 0.25) is 0 Å². The molecule has 0 aliphatic rings. The molecule has 2 atom stereocenters. The second kappa shape index (κ2) is 9.50. The van der Waals surface area contributed by atoms with Gasteiger partial charge in [-0.1, -0.05) is 13.3 Å². The number of imidazole rings is 1. The summed E-state index contributed by atoms with van der Waals surface area (Å²) in [4.78, 5) is 15.9. The number of hydrogen-bond donors (Lipinski definition) is 2. The van der Waals surface area contributed by atoms with Gasteiger partial charge < -0.3 is 19.7 Å². The van der Waals surface area contributed by atoms with Crippen molar-refractivity contribution in [2.24, 2.45) is 0 Å². The summed E-state index contributed by atoms with van der Waals surface area (Å²) in [6, 6.07) is 0.145. The lowest BCUT2D eigenvalue weighted by Gasteiger charge is -2.17. The van der Waals surface area contributed by atoms with Crippen LogP contribution in [-0.2, 0) is 9.53 Å². The summed E-state index contributed by atoms with van der Waals surface area (Å²) >= 11 is 0. The van der Waals surface area contributed by atoms with Gasteiger partial charge in [0.15, 0.2) is 0 Å². The van der Waals surface area contributed by atoms with E-state index < -0.39 is 6.10 Å². The molecule has 2 N–H and O–H groups in total. The lowest BCUT2D eigenvalue weighted by molar-refractivity contribution is -0.122. The third-order valence-corrected chi connectivity index (χ3v) is 3.15. The Balaban J connectivity index is 2.32. The number of nitrogens with zero attached hydrogens (tertiary/aromatic N) is 2. The predicted octanol–water partition coefficient (Wildman–Crippen LogP) is 1.13. The third kappa shape index (κ3) is 6.16. The van der Waals surface area contributed by atoms with Crippen LogP contribution in [0.3, 0.4) is 0 Å². The van der Waals surface area contributed by atoms with Crippen LogP contribution in [0.25, 0.3) is 0 Å². The molecule has 6 heteroatoms. The topological polar surface area (TPSA) is 76.4 Å². The summed E-state index contributed by atoms with van der Waals surface area (Å²) in [5, 5.41) is 12.3. The summed E-state index contributed by atoms with van der Waals surface area (Å²) < 4.78 is 6.81. The van der Waals surface area contributed by atoms with Crippen molar-refractivity contribution in [1.82, 2.24) is 14.9 Å². The predicted molar refractivity (Wildman–Crippen MR) is 76.3 cm³/mol. The van der Waals surface area contributed by atoms with E-state index in [0.717, 1.165) is 12.8 Å². The molecule has 0 bridgehead atoms. The lowest BCUT2D eigenvalue weighted by atomic mass is 10.1. The Morgan fingerprint density at radius 2 is 2.30 bits per heavy atom. The SMILES string of the molecule is CCCC(CC(=O)NCCC(O)COC)n1ccnc1. The zero-order valence-electron chi connectivity index (χ0n) is 12.3. The second-order valence-electron chi connectivity index (χ2n) is 4.90. The van der Waals surface area contributed by atoms with Gasteiger partial charge >= 0.3 is 0 Å². The third-order valence-electron chi connectivity index (χ3n) is 3.15. The number of rotatable bonds is 10. The summed E-state index contributed by atoms with van der Waals surface area (Å²) in [6.07, 6.45) is 7.72. The first kappa shape index (κ1) is 16.7. The van der Waals surface area contributed by atoms with Gasteiger partial charge in [0.25, 0.3) is 0 Å². The van der Waals surface area contributed by atoms with Crippen molar-refractivity contribution in [3.8, 4) is 0 Å². The Labute approximate surface area is 120 Å². The van der Waals surface area contributed by atoms with Crippen LogP contribution in [-0.4, -0.2) is 46.9 Å². The first-order chi connectivity index (χ1) is 9.67. The van der Waals surface area contributed by atoms with Gasteiger partial charge in [-0.05, 0) is 12.8 Å². The highest BCUT2D eigenvalue weighted by molar-refractivity contribution is 5.76. The molecular formula is C14H25N3O3. The number of amides is 1. The zero-order chi connectivity index (χ0) is 14.8. The molecule has 0 aliphatic heterocycles. The number of nitrogens with one attached hydrogen (secondary N) is 1. The van der Waals surface area contributed by atoms with E-state index in [1.807, 2.05) is 10.8 Å². The van der Waals surface area contributed by atoms with E-state index in [1.165, 1.54) is 0 Å². The second-order valence-corrected chi connectivity index (χ2v) is 4.90. The Bertz CT molecular complexity index is 368. The van der Waals surface area contributed by atoms with Crippen LogP contribution in [0.15, 0.2) is 18.7 Å². The molecule has 0 aliphatic carbocycles. The van der Waals surface area contributed by atoms with Gasteiger partial charge in [-0.3, -0.25) is 4.79 Å². The molecule has 114 valence electrons. The van der Waals surface area contributed by atoms with E-state index in [0.29, 0.717) is 26.0 Å². The minimum absolute atomic E-state index is 0.00164. The number of carbonyl (C=O) groups excluding carboxylic acids is 1. The first-order valence-electron chi connectivity index (χ1n) is 7.08. The fraction of sp³-hybridized carbons (Fsp3) is 0.714.